The number of carbonyl (C=O) groups is 1. The van der Waals surface area contributed by atoms with E-state index in [0.29, 0.717) is 16.5 Å². The molecule has 0 fully saturated rings. The summed E-state index contributed by atoms with van der Waals surface area (Å²) in [6.07, 6.45) is 1.30. The molecule has 2 aromatic heterocycles. The van der Waals surface area contributed by atoms with Crippen LogP contribution in [0.5, 0.6) is 11.5 Å². The lowest BCUT2D eigenvalue weighted by atomic mass is 10.3. The summed E-state index contributed by atoms with van der Waals surface area (Å²) < 4.78 is 16.7. The molecular weight excluding hydrogens is 308 g/mol. The third-order valence-electron chi connectivity index (χ3n) is 2.94. The van der Waals surface area contributed by atoms with Crippen molar-refractivity contribution in [2.24, 2.45) is 5.84 Å². The van der Waals surface area contributed by atoms with Crippen molar-refractivity contribution in [1.29, 1.82) is 0 Å². The van der Waals surface area contributed by atoms with Gasteiger partial charge >= 0.3 is 5.91 Å². The number of ether oxygens (including phenoxy) is 2. The van der Waals surface area contributed by atoms with Gasteiger partial charge in [0.05, 0.1) is 30.6 Å². The van der Waals surface area contributed by atoms with Gasteiger partial charge in [-0.05, 0) is 0 Å². The molecule has 3 rings (SSSR count). The van der Waals surface area contributed by atoms with E-state index in [0.717, 1.165) is 10.2 Å². The molecule has 0 radical (unpaired) electrons. The first-order valence-electron chi connectivity index (χ1n) is 6.16. The number of thiazole rings is 1. The van der Waals surface area contributed by atoms with Gasteiger partial charge in [-0.15, -0.1) is 11.3 Å². The number of carbonyl (C=O) groups excluding carboxylic acids is 1. The lowest BCUT2D eigenvalue weighted by Gasteiger charge is -2.05. The van der Waals surface area contributed by atoms with Crippen LogP contribution >= 0.6 is 11.3 Å². The number of benzene rings is 1. The molecule has 3 aromatic rings. The van der Waals surface area contributed by atoms with Crippen LogP contribution in [0.25, 0.3) is 21.1 Å². The van der Waals surface area contributed by atoms with Crippen molar-refractivity contribution >= 4 is 27.5 Å². The molecule has 0 aliphatic carbocycles. The number of oxazole rings is 1. The highest BCUT2D eigenvalue weighted by molar-refractivity contribution is 7.21. The Labute approximate surface area is 128 Å². The summed E-state index contributed by atoms with van der Waals surface area (Å²) in [4.78, 5) is 19.8. The smallest absolute Gasteiger partial charge is 0.302 e. The Balaban J connectivity index is 2.04. The number of hydrogen-bond donors (Lipinski definition) is 2. The maximum Gasteiger partial charge on any atom is 0.302 e. The molecule has 0 unspecified atom stereocenters. The quantitative estimate of drug-likeness (QED) is 0.426. The molecule has 2 heterocycles. The summed E-state index contributed by atoms with van der Waals surface area (Å²) in [5.41, 5.74) is 2.70. The molecule has 0 saturated carbocycles. The van der Waals surface area contributed by atoms with Crippen molar-refractivity contribution in [3.8, 4) is 22.4 Å². The first-order valence-corrected chi connectivity index (χ1v) is 6.97. The van der Waals surface area contributed by atoms with Crippen molar-refractivity contribution in [1.82, 2.24) is 15.4 Å². The van der Waals surface area contributed by atoms with E-state index in [2.05, 4.69) is 9.97 Å². The van der Waals surface area contributed by atoms with Crippen LogP contribution in [-0.4, -0.2) is 30.1 Å². The Morgan fingerprint density at radius 2 is 2.05 bits per heavy atom. The minimum atomic E-state index is -0.553. The molecule has 22 heavy (non-hydrogen) atoms. The number of hydrazine groups is 1. The van der Waals surface area contributed by atoms with Gasteiger partial charge in [0, 0.05) is 12.1 Å². The summed E-state index contributed by atoms with van der Waals surface area (Å²) in [6, 6.07) is 3.59. The lowest BCUT2D eigenvalue weighted by molar-refractivity contribution is 0.0927. The van der Waals surface area contributed by atoms with Crippen LogP contribution in [0.3, 0.4) is 0 Å². The second-order valence-electron chi connectivity index (χ2n) is 4.20. The Hall–Kier alpha value is -2.65. The lowest BCUT2D eigenvalue weighted by Crippen LogP contribution is -2.29. The summed E-state index contributed by atoms with van der Waals surface area (Å²) in [6.45, 7) is 0. The monoisotopic (exact) mass is 320 g/mol. The van der Waals surface area contributed by atoms with Gasteiger partial charge in [-0.25, -0.2) is 15.8 Å². The van der Waals surface area contributed by atoms with Gasteiger partial charge in [0.2, 0.25) is 5.76 Å². The maximum atomic E-state index is 11.4. The molecule has 9 heteroatoms. The summed E-state index contributed by atoms with van der Waals surface area (Å²) >= 11 is 1.37. The highest BCUT2D eigenvalue weighted by atomic mass is 32.1. The highest BCUT2D eigenvalue weighted by Crippen LogP contribution is 2.37. The second-order valence-corrected chi connectivity index (χ2v) is 5.23. The fourth-order valence-electron chi connectivity index (χ4n) is 1.90. The number of hydrogen-bond acceptors (Lipinski definition) is 8. The van der Waals surface area contributed by atoms with Crippen LogP contribution < -0.4 is 20.7 Å². The minimum Gasteiger partial charge on any atom is -0.493 e. The van der Waals surface area contributed by atoms with E-state index in [-0.39, 0.29) is 11.7 Å². The third-order valence-corrected chi connectivity index (χ3v) is 3.94. The standard InChI is InChI=1S/C13H12N4O4S/c1-19-7-3-6-10(4-8(7)20-2)22-13(16-6)12-15-5-9(21-12)11(18)17-14/h3-5H,14H2,1-2H3,(H,17,18). The molecule has 3 N–H and O–H groups in total. The largest absolute Gasteiger partial charge is 0.493 e. The van der Waals surface area contributed by atoms with Crippen LogP contribution in [0.1, 0.15) is 10.6 Å². The van der Waals surface area contributed by atoms with Crippen LogP contribution in [0.15, 0.2) is 22.7 Å². The van der Waals surface area contributed by atoms with Crippen molar-refractivity contribution in [2.75, 3.05) is 14.2 Å². The fourth-order valence-corrected chi connectivity index (χ4v) is 2.80. The normalized spacial score (nSPS) is 10.7. The van der Waals surface area contributed by atoms with E-state index in [9.17, 15) is 4.79 Å². The molecule has 0 atom stereocenters. The first-order chi connectivity index (χ1) is 10.7. The first kappa shape index (κ1) is 14.3. The van der Waals surface area contributed by atoms with Crippen LogP contribution in [0.2, 0.25) is 0 Å². The molecule has 1 aromatic carbocycles. The Bertz CT molecular complexity index is 801. The van der Waals surface area contributed by atoms with Gasteiger partial charge < -0.3 is 13.9 Å². The predicted molar refractivity (Wildman–Crippen MR) is 79.9 cm³/mol. The van der Waals surface area contributed by atoms with Crippen molar-refractivity contribution < 1.29 is 18.7 Å². The van der Waals surface area contributed by atoms with Gasteiger partial charge in [-0.1, -0.05) is 0 Å². The van der Waals surface area contributed by atoms with Gasteiger partial charge in [-0.2, -0.15) is 0 Å². The number of amides is 1. The van der Waals surface area contributed by atoms with Gasteiger partial charge in [0.15, 0.2) is 16.5 Å². The molecule has 0 bridgehead atoms. The number of methoxy groups -OCH3 is 2. The molecule has 0 saturated heterocycles. The van der Waals surface area contributed by atoms with Crippen LogP contribution in [0.4, 0.5) is 0 Å². The van der Waals surface area contributed by atoms with Crippen molar-refractivity contribution in [3.05, 3.63) is 24.1 Å². The molecule has 1 amide bonds. The molecule has 0 spiro atoms. The Morgan fingerprint density at radius 1 is 1.32 bits per heavy atom. The molecule has 0 aliphatic rings. The van der Waals surface area contributed by atoms with E-state index in [1.165, 1.54) is 17.5 Å². The Kier molecular flexibility index (Phi) is 3.65. The topological polar surface area (TPSA) is 112 Å². The second kappa shape index (κ2) is 5.62. The highest BCUT2D eigenvalue weighted by Gasteiger charge is 2.17. The summed E-state index contributed by atoms with van der Waals surface area (Å²) in [5, 5.41) is 0.543. The average Bonchev–Trinajstić information content (AvgIpc) is 3.18. The minimum absolute atomic E-state index is 0.0203. The van der Waals surface area contributed by atoms with E-state index in [1.54, 1.807) is 20.3 Å². The maximum absolute atomic E-state index is 11.4. The van der Waals surface area contributed by atoms with Gasteiger partial charge in [-0.3, -0.25) is 10.2 Å². The number of aromatic nitrogens is 2. The van der Waals surface area contributed by atoms with Gasteiger partial charge in [0.25, 0.3) is 5.89 Å². The van der Waals surface area contributed by atoms with E-state index in [1.807, 2.05) is 11.5 Å². The number of nitrogens with one attached hydrogen (secondary N) is 1. The zero-order valence-corrected chi connectivity index (χ0v) is 12.6. The average molecular weight is 320 g/mol. The number of nitrogens with two attached hydrogens (primary N) is 1. The van der Waals surface area contributed by atoms with Gasteiger partial charge in [0.1, 0.15) is 0 Å². The molecule has 114 valence electrons. The summed E-state index contributed by atoms with van der Waals surface area (Å²) in [5.74, 6) is 5.96. The number of nitrogens with zero attached hydrogens (tertiary/aromatic N) is 2. The van der Waals surface area contributed by atoms with E-state index >= 15 is 0 Å². The summed E-state index contributed by atoms with van der Waals surface area (Å²) in [7, 11) is 3.13. The van der Waals surface area contributed by atoms with Crippen molar-refractivity contribution in [3.63, 3.8) is 0 Å². The molecule has 8 nitrogen and oxygen atoms in total. The molecular formula is C13H12N4O4S. The van der Waals surface area contributed by atoms with Crippen LogP contribution in [-0.2, 0) is 0 Å². The van der Waals surface area contributed by atoms with E-state index in [4.69, 9.17) is 19.7 Å². The number of nitrogen functional groups attached to an aromatic ring is 1. The van der Waals surface area contributed by atoms with Crippen molar-refractivity contribution in [2.45, 2.75) is 0 Å². The third kappa shape index (κ3) is 2.36. The zero-order valence-electron chi connectivity index (χ0n) is 11.7. The number of rotatable bonds is 4. The Morgan fingerprint density at radius 3 is 2.73 bits per heavy atom. The predicted octanol–water partition coefficient (Wildman–Crippen LogP) is 1.57. The SMILES string of the molecule is COc1cc2nc(-c3ncc(C(=O)NN)o3)sc2cc1OC. The van der Waals surface area contributed by atoms with E-state index < -0.39 is 5.91 Å². The molecule has 0 aliphatic heterocycles. The number of fused-ring (bicyclic) bond motifs is 1. The van der Waals surface area contributed by atoms with Crippen LogP contribution in [0, 0.1) is 0 Å². The zero-order chi connectivity index (χ0) is 15.7. The fraction of sp³-hybridized carbons (Fsp3) is 0.154.